The van der Waals surface area contributed by atoms with E-state index in [1.165, 1.54) is 11.9 Å². The van der Waals surface area contributed by atoms with Gasteiger partial charge in [0.05, 0.1) is 5.71 Å². The largest absolute Gasteiger partial charge is 0.216 e. The molecule has 52 valence electrons. The minimum Gasteiger partial charge on any atom is -0.216 e. The van der Waals surface area contributed by atoms with Crippen molar-refractivity contribution in [3.05, 3.63) is 36.5 Å². The van der Waals surface area contributed by atoms with Gasteiger partial charge in [0.2, 0.25) is 0 Å². The summed E-state index contributed by atoms with van der Waals surface area (Å²) in [4.78, 5) is 0. The van der Waals surface area contributed by atoms with E-state index < -0.39 is 0 Å². The van der Waals surface area contributed by atoms with Gasteiger partial charge in [0.15, 0.2) is 0 Å². The van der Waals surface area contributed by atoms with Gasteiger partial charge < -0.3 is 0 Å². The Morgan fingerprint density at radius 2 is 2.10 bits per heavy atom. The molecule has 0 aromatic heterocycles. The van der Waals surface area contributed by atoms with Gasteiger partial charge in [-0.25, -0.2) is 4.40 Å². The normalized spacial score (nSPS) is 20.5. The smallest absolute Gasteiger partial charge is 0.0779 e. The predicted molar refractivity (Wildman–Crippen MR) is 48.4 cm³/mol. The van der Waals surface area contributed by atoms with Gasteiger partial charge in [-0.1, -0.05) is 24.8 Å². The third-order valence-corrected chi connectivity index (χ3v) is 1.56. The lowest BCUT2D eigenvalue weighted by molar-refractivity contribution is 1.71. The molecule has 1 rings (SSSR count). The summed E-state index contributed by atoms with van der Waals surface area (Å²) >= 11 is 1.45. The lowest BCUT2D eigenvalue weighted by atomic mass is 10.1. The highest BCUT2D eigenvalue weighted by molar-refractivity contribution is 7.97. The quantitative estimate of drug-likeness (QED) is 0.524. The molecule has 0 saturated heterocycles. The Hall–Kier alpha value is -0.760. The standard InChI is InChI=1S/C8H9NS/c1-7-5-3-4-6-8(7)9-10-2/h3-6H,1H2,2H3/b9-8-. The molecule has 0 amide bonds. The average molecular weight is 151 g/mol. The van der Waals surface area contributed by atoms with Crippen LogP contribution in [0.3, 0.4) is 0 Å². The molecule has 0 bridgehead atoms. The first kappa shape index (κ1) is 7.35. The molecule has 1 nitrogen and oxygen atoms in total. The van der Waals surface area contributed by atoms with Crippen LogP contribution >= 0.6 is 11.9 Å². The van der Waals surface area contributed by atoms with Crippen LogP contribution in [0.1, 0.15) is 0 Å². The zero-order chi connectivity index (χ0) is 7.40. The highest BCUT2D eigenvalue weighted by Crippen LogP contribution is 2.08. The minimum absolute atomic E-state index is 0.968. The molecule has 1 aliphatic carbocycles. The van der Waals surface area contributed by atoms with Crippen LogP contribution in [0.4, 0.5) is 0 Å². The van der Waals surface area contributed by atoms with E-state index in [2.05, 4.69) is 11.0 Å². The zero-order valence-electron chi connectivity index (χ0n) is 5.87. The molecule has 0 atom stereocenters. The second-order valence-corrected chi connectivity index (χ2v) is 2.45. The van der Waals surface area contributed by atoms with Crippen LogP contribution in [-0.2, 0) is 0 Å². The molecule has 0 aromatic carbocycles. The van der Waals surface area contributed by atoms with E-state index in [0.29, 0.717) is 0 Å². The van der Waals surface area contributed by atoms with Crippen molar-refractivity contribution in [1.29, 1.82) is 0 Å². The summed E-state index contributed by atoms with van der Waals surface area (Å²) in [6, 6.07) is 0. The molecule has 0 unspecified atom stereocenters. The summed E-state index contributed by atoms with van der Waals surface area (Å²) in [5, 5.41) is 0. The topological polar surface area (TPSA) is 12.4 Å². The Kier molecular flexibility index (Phi) is 2.51. The molecule has 0 spiro atoms. The maximum atomic E-state index is 4.16. The fourth-order valence-electron chi connectivity index (χ4n) is 0.698. The van der Waals surface area contributed by atoms with E-state index in [1.54, 1.807) is 0 Å². The maximum Gasteiger partial charge on any atom is 0.0779 e. The van der Waals surface area contributed by atoms with Crippen LogP contribution in [0.15, 0.2) is 40.9 Å². The van der Waals surface area contributed by atoms with Gasteiger partial charge in [-0.05, 0) is 23.6 Å². The second kappa shape index (κ2) is 3.42. The molecule has 0 fully saturated rings. The van der Waals surface area contributed by atoms with E-state index in [-0.39, 0.29) is 0 Å². The fraction of sp³-hybridized carbons (Fsp3) is 0.125. The lowest BCUT2D eigenvalue weighted by Crippen LogP contribution is -1.96. The summed E-state index contributed by atoms with van der Waals surface area (Å²) in [5.74, 6) is 0. The lowest BCUT2D eigenvalue weighted by Gasteiger charge is -2.01. The van der Waals surface area contributed by atoms with Crippen molar-refractivity contribution in [2.75, 3.05) is 6.26 Å². The molecular weight excluding hydrogens is 142 g/mol. The Morgan fingerprint density at radius 1 is 1.40 bits per heavy atom. The maximum absolute atomic E-state index is 4.16. The van der Waals surface area contributed by atoms with Gasteiger partial charge in [0.1, 0.15) is 0 Å². The van der Waals surface area contributed by atoms with Crippen LogP contribution in [0.2, 0.25) is 0 Å². The predicted octanol–water partition coefficient (Wildman–Crippen LogP) is 2.39. The molecular formula is C8H9NS. The number of nitrogens with zero attached hydrogens (tertiary/aromatic N) is 1. The van der Waals surface area contributed by atoms with E-state index in [4.69, 9.17) is 0 Å². The summed E-state index contributed by atoms with van der Waals surface area (Å²) < 4.78 is 4.16. The van der Waals surface area contributed by atoms with Crippen LogP contribution in [0.5, 0.6) is 0 Å². The van der Waals surface area contributed by atoms with Crippen LogP contribution in [0.25, 0.3) is 0 Å². The molecule has 2 heteroatoms. The summed E-state index contributed by atoms with van der Waals surface area (Å²) in [5.41, 5.74) is 1.95. The first-order valence-electron chi connectivity index (χ1n) is 3.00. The third kappa shape index (κ3) is 1.61. The Labute approximate surface area is 65.4 Å². The van der Waals surface area contributed by atoms with Crippen molar-refractivity contribution in [3.63, 3.8) is 0 Å². The van der Waals surface area contributed by atoms with Crippen molar-refractivity contribution in [3.8, 4) is 0 Å². The van der Waals surface area contributed by atoms with Crippen molar-refractivity contribution < 1.29 is 0 Å². The average Bonchev–Trinajstić information content (AvgIpc) is 1.94. The molecule has 10 heavy (non-hydrogen) atoms. The fourth-order valence-corrected chi connectivity index (χ4v) is 1.07. The van der Waals surface area contributed by atoms with Gasteiger partial charge >= 0.3 is 0 Å². The highest BCUT2D eigenvalue weighted by atomic mass is 32.2. The zero-order valence-corrected chi connectivity index (χ0v) is 6.69. The summed E-state index contributed by atoms with van der Waals surface area (Å²) in [6.45, 7) is 3.83. The second-order valence-electron chi connectivity index (χ2n) is 1.90. The van der Waals surface area contributed by atoms with Crippen LogP contribution < -0.4 is 0 Å². The Balaban J connectivity index is 2.80. The van der Waals surface area contributed by atoms with Gasteiger partial charge in [-0.15, -0.1) is 0 Å². The number of allylic oxidation sites excluding steroid dienone is 5. The van der Waals surface area contributed by atoms with Crippen molar-refractivity contribution in [1.82, 2.24) is 0 Å². The van der Waals surface area contributed by atoms with Crippen LogP contribution in [-0.4, -0.2) is 12.0 Å². The number of hydrogen-bond donors (Lipinski definition) is 0. The van der Waals surface area contributed by atoms with Gasteiger partial charge in [-0.3, -0.25) is 0 Å². The van der Waals surface area contributed by atoms with Gasteiger partial charge in [0.25, 0.3) is 0 Å². The first-order chi connectivity index (χ1) is 4.84. The third-order valence-electron chi connectivity index (χ3n) is 1.18. The van der Waals surface area contributed by atoms with E-state index in [0.717, 1.165) is 11.3 Å². The summed E-state index contributed by atoms with van der Waals surface area (Å²) in [6.07, 6.45) is 9.77. The number of hydrogen-bond acceptors (Lipinski definition) is 2. The molecule has 0 aliphatic heterocycles. The van der Waals surface area contributed by atoms with E-state index in [9.17, 15) is 0 Å². The van der Waals surface area contributed by atoms with E-state index >= 15 is 0 Å². The molecule has 0 radical (unpaired) electrons. The molecule has 0 N–H and O–H groups in total. The molecule has 1 aliphatic rings. The van der Waals surface area contributed by atoms with Gasteiger partial charge in [0, 0.05) is 6.26 Å². The SMILES string of the molecule is C=C1C=CC=C/C1=N/SC. The number of rotatable bonds is 1. The highest BCUT2D eigenvalue weighted by Gasteiger charge is 1.98. The molecule has 0 heterocycles. The summed E-state index contributed by atoms with van der Waals surface area (Å²) in [7, 11) is 0. The van der Waals surface area contributed by atoms with Crippen LogP contribution in [0, 0.1) is 0 Å². The molecule has 0 aromatic rings. The molecule has 0 saturated carbocycles. The van der Waals surface area contributed by atoms with E-state index in [1.807, 2.05) is 30.6 Å². The monoisotopic (exact) mass is 151 g/mol. The van der Waals surface area contributed by atoms with Crippen molar-refractivity contribution in [2.24, 2.45) is 4.40 Å². The van der Waals surface area contributed by atoms with Crippen molar-refractivity contribution in [2.45, 2.75) is 0 Å². The Morgan fingerprint density at radius 3 is 2.70 bits per heavy atom. The Bertz CT molecular complexity index is 223. The first-order valence-corrected chi connectivity index (χ1v) is 4.18. The minimum atomic E-state index is 0.968. The van der Waals surface area contributed by atoms with Crippen molar-refractivity contribution >= 4 is 17.7 Å². The van der Waals surface area contributed by atoms with Gasteiger partial charge in [-0.2, -0.15) is 0 Å².